The van der Waals surface area contributed by atoms with Crippen LogP contribution >= 0.6 is 15.9 Å². The molecular weight excluding hydrogens is 332 g/mol. The van der Waals surface area contributed by atoms with E-state index in [-0.39, 0.29) is 11.7 Å². The Morgan fingerprint density at radius 2 is 2.19 bits per heavy atom. The fourth-order valence-corrected chi connectivity index (χ4v) is 3.53. The van der Waals surface area contributed by atoms with Gasteiger partial charge in [-0.25, -0.2) is 0 Å². The second-order valence-electron chi connectivity index (χ2n) is 5.97. The van der Waals surface area contributed by atoms with Crippen molar-refractivity contribution in [2.24, 2.45) is 0 Å². The van der Waals surface area contributed by atoms with Gasteiger partial charge in [-0.2, -0.15) is 0 Å². The third-order valence-electron chi connectivity index (χ3n) is 4.47. The maximum atomic E-state index is 6.25. The second kappa shape index (κ2) is 6.57. The van der Waals surface area contributed by atoms with Crippen molar-refractivity contribution >= 4 is 15.9 Å². The zero-order valence-corrected chi connectivity index (χ0v) is 14.2. The van der Waals surface area contributed by atoms with Crippen molar-refractivity contribution in [1.82, 2.24) is 0 Å². The van der Waals surface area contributed by atoms with Crippen molar-refractivity contribution < 1.29 is 14.2 Å². The van der Waals surface area contributed by atoms with Gasteiger partial charge in [0, 0.05) is 18.2 Å². The molecule has 0 amide bonds. The highest BCUT2D eigenvalue weighted by Crippen LogP contribution is 2.43. The third-order valence-corrected chi connectivity index (χ3v) is 5.12. The SMILES string of the molecule is CCOc1cc(CBr)ccc1OC1CCOC2(CCC2)C1. The molecule has 116 valence electrons. The molecule has 1 spiro atoms. The highest BCUT2D eigenvalue weighted by molar-refractivity contribution is 9.08. The molecule has 1 saturated carbocycles. The van der Waals surface area contributed by atoms with Crippen LogP contribution in [-0.4, -0.2) is 24.9 Å². The fourth-order valence-electron chi connectivity index (χ4n) is 3.18. The van der Waals surface area contributed by atoms with Gasteiger partial charge < -0.3 is 14.2 Å². The molecule has 3 rings (SSSR count). The number of ether oxygens (including phenoxy) is 3. The van der Waals surface area contributed by atoms with Crippen LogP contribution in [0, 0.1) is 0 Å². The minimum absolute atomic E-state index is 0.116. The first-order valence-corrected chi connectivity index (χ1v) is 8.99. The molecule has 1 aromatic carbocycles. The van der Waals surface area contributed by atoms with Crippen LogP contribution in [0.4, 0.5) is 0 Å². The summed E-state index contributed by atoms with van der Waals surface area (Å²) in [7, 11) is 0. The molecule has 4 heteroatoms. The zero-order chi connectivity index (χ0) is 14.7. The van der Waals surface area contributed by atoms with Gasteiger partial charge in [-0.05, 0) is 43.9 Å². The molecule has 0 N–H and O–H groups in total. The lowest BCUT2D eigenvalue weighted by Gasteiger charge is -2.46. The Labute approximate surface area is 135 Å². The summed E-state index contributed by atoms with van der Waals surface area (Å²) >= 11 is 3.48. The molecule has 1 aliphatic heterocycles. The van der Waals surface area contributed by atoms with E-state index in [1.54, 1.807) is 0 Å². The Balaban J connectivity index is 1.71. The van der Waals surface area contributed by atoms with Crippen LogP contribution in [0.25, 0.3) is 0 Å². The maximum Gasteiger partial charge on any atom is 0.161 e. The minimum atomic E-state index is 0.116. The molecule has 0 bridgehead atoms. The van der Waals surface area contributed by atoms with Gasteiger partial charge in [0.05, 0.1) is 18.8 Å². The van der Waals surface area contributed by atoms with E-state index < -0.39 is 0 Å². The number of hydrogen-bond donors (Lipinski definition) is 0. The molecule has 3 nitrogen and oxygen atoms in total. The molecule has 1 unspecified atom stereocenters. The molecule has 1 aliphatic carbocycles. The molecule has 0 aromatic heterocycles. The number of hydrogen-bond acceptors (Lipinski definition) is 3. The molecule has 1 aromatic rings. The first-order chi connectivity index (χ1) is 10.2. The Bertz CT molecular complexity index is 485. The molecule has 1 saturated heterocycles. The molecule has 21 heavy (non-hydrogen) atoms. The topological polar surface area (TPSA) is 27.7 Å². The van der Waals surface area contributed by atoms with Crippen LogP contribution in [0.3, 0.4) is 0 Å². The summed E-state index contributed by atoms with van der Waals surface area (Å²) in [4.78, 5) is 0. The van der Waals surface area contributed by atoms with Gasteiger partial charge in [0.15, 0.2) is 11.5 Å². The fraction of sp³-hybridized carbons (Fsp3) is 0.647. The average Bonchev–Trinajstić information content (AvgIpc) is 2.48. The van der Waals surface area contributed by atoms with Gasteiger partial charge >= 0.3 is 0 Å². The Hall–Kier alpha value is -0.740. The lowest BCUT2D eigenvalue weighted by molar-refractivity contribution is -0.153. The quantitative estimate of drug-likeness (QED) is 0.730. The third kappa shape index (κ3) is 3.37. The molecule has 0 radical (unpaired) electrons. The highest BCUT2D eigenvalue weighted by atomic mass is 79.9. The van der Waals surface area contributed by atoms with Gasteiger partial charge in [-0.15, -0.1) is 0 Å². The van der Waals surface area contributed by atoms with Crippen molar-refractivity contribution in [2.45, 2.75) is 56.1 Å². The summed E-state index contributed by atoms with van der Waals surface area (Å²) in [5.74, 6) is 1.71. The maximum absolute atomic E-state index is 6.25. The number of rotatable bonds is 5. The summed E-state index contributed by atoms with van der Waals surface area (Å²) in [6.45, 7) is 3.47. The largest absolute Gasteiger partial charge is 0.490 e. The predicted molar refractivity (Wildman–Crippen MR) is 86.4 cm³/mol. The highest BCUT2D eigenvalue weighted by Gasteiger charge is 2.43. The number of halogens is 1. The van der Waals surface area contributed by atoms with E-state index in [2.05, 4.69) is 28.1 Å². The monoisotopic (exact) mass is 354 g/mol. The van der Waals surface area contributed by atoms with E-state index in [0.29, 0.717) is 6.61 Å². The average molecular weight is 355 g/mol. The molecule has 1 heterocycles. The van der Waals surface area contributed by atoms with Crippen molar-refractivity contribution in [2.75, 3.05) is 13.2 Å². The first kappa shape index (κ1) is 15.2. The Morgan fingerprint density at radius 1 is 1.33 bits per heavy atom. The summed E-state index contributed by atoms with van der Waals surface area (Å²) in [5, 5.41) is 0.827. The predicted octanol–water partition coefficient (Wildman–Crippen LogP) is 4.46. The summed E-state index contributed by atoms with van der Waals surface area (Å²) in [6.07, 6.45) is 5.89. The van der Waals surface area contributed by atoms with Crippen molar-refractivity contribution in [3.8, 4) is 11.5 Å². The summed E-state index contributed by atoms with van der Waals surface area (Å²) in [5.41, 5.74) is 1.32. The van der Waals surface area contributed by atoms with Gasteiger partial charge in [0.2, 0.25) is 0 Å². The van der Waals surface area contributed by atoms with E-state index in [0.717, 1.165) is 36.3 Å². The van der Waals surface area contributed by atoms with E-state index >= 15 is 0 Å². The van der Waals surface area contributed by atoms with Crippen LogP contribution in [0.2, 0.25) is 0 Å². The normalized spacial score (nSPS) is 23.6. The first-order valence-electron chi connectivity index (χ1n) is 7.87. The molecule has 2 fully saturated rings. The van der Waals surface area contributed by atoms with Gasteiger partial charge in [-0.1, -0.05) is 22.0 Å². The lowest BCUT2D eigenvalue weighted by Crippen LogP contribution is -2.48. The lowest BCUT2D eigenvalue weighted by atomic mass is 9.74. The van der Waals surface area contributed by atoms with Crippen molar-refractivity contribution in [1.29, 1.82) is 0 Å². The Kier molecular flexibility index (Phi) is 4.75. The van der Waals surface area contributed by atoms with Gasteiger partial charge in [-0.3, -0.25) is 0 Å². The van der Waals surface area contributed by atoms with Gasteiger partial charge in [0.25, 0.3) is 0 Å². The standard InChI is InChI=1S/C17H23BrO3/c1-2-19-16-10-13(12-18)4-5-15(16)21-14-6-9-20-17(11-14)7-3-8-17/h4-5,10,14H,2-3,6-9,11-12H2,1H3. The summed E-state index contributed by atoms with van der Waals surface area (Å²) < 4.78 is 18.0. The zero-order valence-electron chi connectivity index (χ0n) is 12.6. The van der Waals surface area contributed by atoms with Crippen LogP contribution in [-0.2, 0) is 10.1 Å². The Morgan fingerprint density at radius 3 is 2.86 bits per heavy atom. The van der Waals surface area contributed by atoms with Gasteiger partial charge in [0.1, 0.15) is 6.10 Å². The molecular formula is C17H23BrO3. The van der Waals surface area contributed by atoms with E-state index in [4.69, 9.17) is 14.2 Å². The van der Waals surface area contributed by atoms with E-state index in [1.165, 1.54) is 24.8 Å². The van der Waals surface area contributed by atoms with Crippen molar-refractivity contribution in [3.63, 3.8) is 0 Å². The summed E-state index contributed by atoms with van der Waals surface area (Å²) in [6, 6.07) is 6.18. The van der Waals surface area contributed by atoms with Crippen molar-refractivity contribution in [3.05, 3.63) is 23.8 Å². The molecule has 1 atom stereocenters. The van der Waals surface area contributed by atoms with Crippen LogP contribution in [0.15, 0.2) is 18.2 Å². The van der Waals surface area contributed by atoms with Crippen LogP contribution < -0.4 is 9.47 Å². The molecule has 2 aliphatic rings. The minimum Gasteiger partial charge on any atom is -0.490 e. The van der Waals surface area contributed by atoms with E-state index in [9.17, 15) is 0 Å². The number of alkyl halides is 1. The smallest absolute Gasteiger partial charge is 0.161 e. The van der Waals surface area contributed by atoms with Crippen LogP contribution in [0.1, 0.15) is 44.6 Å². The number of benzene rings is 1. The van der Waals surface area contributed by atoms with E-state index in [1.807, 2.05) is 13.0 Å². The second-order valence-corrected chi connectivity index (χ2v) is 6.53. The van der Waals surface area contributed by atoms with Crippen LogP contribution in [0.5, 0.6) is 11.5 Å².